The Morgan fingerprint density at radius 2 is 1.62 bits per heavy atom. The number of ketones is 1. The lowest BCUT2D eigenvalue weighted by atomic mass is 9.78. The Morgan fingerprint density at radius 3 is 2.23 bits per heavy atom. The number of carbonyl (C=O) groups excluding carboxylic acids is 4. The van der Waals surface area contributed by atoms with Crippen LogP contribution in [0.3, 0.4) is 0 Å². The van der Waals surface area contributed by atoms with E-state index < -0.39 is 95.5 Å². The van der Waals surface area contributed by atoms with Gasteiger partial charge in [-0.25, -0.2) is 0 Å². The second kappa shape index (κ2) is 17.3. The van der Waals surface area contributed by atoms with Crippen LogP contribution in [0, 0.1) is 30.6 Å². The molecule has 0 unspecified atom stereocenters. The van der Waals surface area contributed by atoms with Gasteiger partial charge in [0.05, 0.1) is 41.2 Å². The number of allylic oxidation sites excluding steroid dienone is 2. The number of phenolic OH excluding ortho intramolecular Hbond substituents is 2. The summed E-state index contributed by atoms with van der Waals surface area (Å²) in [5.41, 5.74) is -0.0315. The first-order valence-corrected chi connectivity index (χ1v) is 18.4. The third-order valence-electron chi connectivity index (χ3n) is 10.7. The number of fused-ring (bicyclic) bond motifs is 14. The molecule has 5 bridgehead atoms. The summed E-state index contributed by atoms with van der Waals surface area (Å²) in [6.07, 6.45) is 3.57. The Morgan fingerprint density at radius 1 is 0.964 bits per heavy atom. The second-order valence-corrected chi connectivity index (χ2v) is 15.0. The van der Waals surface area contributed by atoms with Crippen molar-refractivity contribution in [3.05, 3.63) is 53.3 Å². The monoisotopic (exact) mass is 782 g/mol. The number of nitrogens with zero attached hydrogens (tertiary/aromatic N) is 1. The first-order chi connectivity index (χ1) is 26.2. The Balaban J connectivity index is 1.94. The molecule has 2 amide bonds. The number of rotatable bonds is 5. The van der Waals surface area contributed by atoms with Crippen LogP contribution in [0.2, 0.25) is 0 Å². The van der Waals surface area contributed by atoms with Crippen molar-refractivity contribution < 1.29 is 63.3 Å². The predicted molar refractivity (Wildman–Crippen MR) is 206 cm³/mol. The van der Waals surface area contributed by atoms with Crippen LogP contribution < -0.4 is 14.8 Å². The summed E-state index contributed by atoms with van der Waals surface area (Å²) in [6.45, 7) is 12.0. The minimum Gasteiger partial charge on any atom is -0.507 e. The van der Waals surface area contributed by atoms with E-state index in [0.29, 0.717) is 0 Å². The molecule has 0 radical (unpaired) electrons. The van der Waals surface area contributed by atoms with Gasteiger partial charge in [0.1, 0.15) is 23.4 Å². The molecular formula is C41H54N2O13. The number of amides is 2. The van der Waals surface area contributed by atoms with Gasteiger partial charge in [-0.15, -0.1) is 0 Å². The number of Topliss-reactive ketones (excluding diaryl/α,β-unsaturated/α-hetero) is 1. The number of ether oxygens (including phenoxy) is 5. The number of carbonyl (C=O) groups is 4. The van der Waals surface area contributed by atoms with Crippen molar-refractivity contribution in [2.75, 3.05) is 33.1 Å². The molecule has 5 rings (SSSR count). The molecule has 0 aliphatic carbocycles. The summed E-state index contributed by atoms with van der Waals surface area (Å²) >= 11 is 0. The van der Waals surface area contributed by atoms with E-state index in [9.17, 15) is 39.6 Å². The maximum absolute atomic E-state index is 14.4. The molecule has 2 aromatic rings. The summed E-state index contributed by atoms with van der Waals surface area (Å²) in [4.78, 5) is 54.0. The third kappa shape index (κ3) is 8.64. The van der Waals surface area contributed by atoms with Gasteiger partial charge >= 0.3 is 11.8 Å². The Kier molecular flexibility index (Phi) is 13.5. The van der Waals surface area contributed by atoms with Crippen LogP contribution in [0.5, 0.6) is 23.0 Å². The number of esters is 1. The van der Waals surface area contributed by atoms with Crippen molar-refractivity contribution in [1.82, 2.24) is 4.90 Å². The van der Waals surface area contributed by atoms with Crippen LogP contribution in [0.4, 0.5) is 5.69 Å². The Hall–Kier alpha value is -5.12. The number of benzene rings is 2. The number of nitrogens with one attached hydrogen (secondary N) is 1. The van der Waals surface area contributed by atoms with Gasteiger partial charge in [0.15, 0.2) is 12.4 Å². The number of hydrogen-bond acceptors (Lipinski definition) is 13. The Bertz CT molecular complexity index is 1950. The molecule has 0 saturated carbocycles. The zero-order valence-corrected chi connectivity index (χ0v) is 33.7. The molecule has 0 saturated heterocycles. The van der Waals surface area contributed by atoms with E-state index in [0.717, 1.165) is 0 Å². The minimum absolute atomic E-state index is 0.0631. The van der Waals surface area contributed by atoms with Crippen molar-refractivity contribution in [3.8, 4) is 23.0 Å². The fourth-order valence-corrected chi connectivity index (χ4v) is 7.02. The van der Waals surface area contributed by atoms with Crippen LogP contribution in [0.1, 0.15) is 64.4 Å². The molecule has 5 N–H and O–H groups in total. The number of anilines is 1. The van der Waals surface area contributed by atoms with Gasteiger partial charge in [-0.3, -0.25) is 19.2 Å². The highest BCUT2D eigenvalue weighted by Gasteiger charge is 2.49. The van der Waals surface area contributed by atoms with Gasteiger partial charge in [-0.2, -0.15) is 0 Å². The average molecular weight is 783 g/mol. The number of aliphatic hydroxyl groups is 2. The van der Waals surface area contributed by atoms with Crippen LogP contribution in [0.15, 0.2) is 42.2 Å². The molecule has 3 aliphatic rings. The Labute approximate surface area is 326 Å². The molecule has 3 aliphatic heterocycles. The first-order valence-electron chi connectivity index (χ1n) is 18.4. The predicted octanol–water partition coefficient (Wildman–Crippen LogP) is 4.52. The largest absolute Gasteiger partial charge is 0.507 e. The molecule has 0 fully saturated rings. The van der Waals surface area contributed by atoms with Gasteiger partial charge in [0.25, 0.3) is 17.6 Å². The van der Waals surface area contributed by atoms with Crippen molar-refractivity contribution >= 4 is 40.0 Å². The molecule has 2 aromatic carbocycles. The molecule has 3 heterocycles. The molecule has 15 heteroatoms. The fourth-order valence-electron chi connectivity index (χ4n) is 7.02. The quantitative estimate of drug-likeness (QED) is 0.209. The number of aromatic hydroxyl groups is 2. The smallest absolute Gasteiger partial charge is 0.312 e. The maximum Gasteiger partial charge on any atom is 0.312 e. The van der Waals surface area contributed by atoms with Gasteiger partial charge in [-0.05, 0) is 19.9 Å². The third-order valence-corrected chi connectivity index (χ3v) is 10.7. The van der Waals surface area contributed by atoms with Crippen LogP contribution in [0.25, 0.3) is 10.8 Å². The summed E-state index contributed by atoms with van der Waals surface area (Å²) in [6, 6.07) is 1.25. The van der Waals surface area contributed by atoms with E-state index in [1.165, 1.54) is 78.3 Å². The average Bonchev–Trinajstić information content (AvgIpc) is 3.41. The van der Waals surface area contributed by atoms with Crippen molar-refractivity contribution in [1.29, 1.82) is 0 Å². The maximum atomic E-state index is 14.4. The lowest BCUT2D eigenvalue weighted by Gasteiger charge is -2.38. The highest BCUT2D eigenvalue weighted by molar-refractivity contribution is 6.21. The van der Waals surface area contributed by atoms with Crippen molar-refractivity contribution in [2.24, 2.45) is 23.7 Å². The van der Waals surface area contributed by atoms with Crippen LogP contribution in [-0.4, -0.2) is 107 Å². The summed E-state index contributed by atoms with van der Waals surface area (Å²) in [5, 5.41) is 48.1. The highest BCUT2D eigenvalue weighted by atomic mass is 16.7. The van der Waals surface area contributed by atoms with E-state index in [-0.39, 0.29) is 44.7 Å². The van der Waals surface area contributed by atoms with Gasteiger partial charge in [0, 0.05) is 81.3 Å². The lowest BCUT2D eigenvalue weighted by molar-refractivity contribution is -0.160. The first kappa shape index (κ1) is 43.6. The summed E-state index contributed by atoms with van der Waals surface area (Å²) in [5.74, 6) is -8.12. The topological polar surface area (TPSA) is 211 Å². The van der Waals surface area contributed by atoms with Crippen molar-refractivity contribution in [3.63, 3.8) is 0 Å². The summed E-state index contributed by atoms with van der Waals surface area (Å²) < 4.78 is 29.5. The van der Waals surface area contributed by atoms with Crippen LogP contribution in [-0.2, 0) is 28.6 Å². The molecule has 9 atom stereocenters. The van der Waals surface area contributed by atoms with E-state index in [1.54, 1.807) is 39.8 Å². The fraction of sp³-hybridized carbons (Fsp3) is 0.512. The standard InChI is InChI=1S/C41H54N2O13/c1-19-13-12-14-20(2)40(51)42-26-17-28(53-18-29(45)43(9)10)30-31(36(26)49)35(48)24(6)38-32(30)39(50)41(8,56-38)54-16-15-27(52-11)21(3)37(55-25(7)44)23(5)34(47)22(4)33(19)46/h12-17,19,21-23,27,33-34,37,46-49H,18H2,1-11H3,(H,42,51)/b13-12-,16-15-,20-14-/t19-,21+,22+,23+,27-,33-,34+,37+,41-/m0/s1. The van der Waals surface area contributed by atoms with Crippen molar-refractivity contribution in [2.45, 2.75) is 85.6 Å². The molecule has 0 spiro atoms. The molecule has 15 nitrogen and oxygen atoms in total. The number of aliphatic hydroxyl groups excluding tert-OH is 2. The molecule has 306 valence electrons. The van der Waals surface area contributed by atoms with E-state index in [2.05, 4.69) is 5.32 Å². The minimum atomic E-state index is -2.02. The van der Waals surface area contributed by atoms with E-state index >= 15 is 0 Å². The SMILES string of the molecule is CO[C@H]1/C=C\O[C@@]2(C)Oc3c(C)c(O)c4c(O)c(cc(OCC(=O)N(C)C)c4c3C2=O)NC(=O)/C(C)=C\C=C/[C@H](C)[C@H](O)[C@@H](C)[C@@H](O)[C@@H](C)[C@H](OC(C)=O)[C@@H]1C. The number of phenols is 2. The highest BCUT2D eigenvalue weighted by Crippen LogP contribution is 2.54. The molecule has 0 aromatic heterocycles. The molecular weight excluding hydrogens is 728 g/mol. The van der Waals surface area contributed by atoms with E-state index in [1.807, 2.05) is 0 Å². The molecule has 56 heavy (non-hydrogen) atoms. The lowest BCUT2D eigenvalue weighted by Crippen LogP contribution is -2.46. The number of hydrogen-bond donors (Lipinski definition) is 5. The zero-order valence-electron chi connectivity index (χ0n) is 33.7. The normalized spacial score (nSPS) is 30.8. The van der Waals surface area contributed by atoms with Gasteiger partial charge in [0.2, 0.25) is 0 Å². The zero-order chi connectivity index (χ0) is 42.0. The number of methoxy groups -OCH3 is 1. The van der Waals surface area contributed by atoms with E-state index in [4.69, 9.17) is 23.7 Å². The second-order valence-electron chi connectivity index (χ2n) is 15.0. The van der Waals surface area contributed by atoms with Gasteiger partial charge in [-0.1, -0.05) is 45.9 Å². The van der Waals surface area contributed by atoms with Crippen LogP contribution >= 0.6 is 0 Å². The number of likely N-dealkylation sites (N-methyl/N-ethyl adjacent to an activating group) is 1. The summed E-state index contributed by atoms with van der Waals surface area (Å²) in [7, 11) is 4.49. The van der Waals surface area contributed by atoms with Gasteiger partial charge < -0.3 is 54.3 Å².